The van der Waals surface area contributed by atoms with Gasteiger partial charge in [0.15, 0.2) is 5.82 Å². The van der Waals surface area contributed by atoms with Crippen LogP contribution in [0.2, 0.25) is 0 Å². The molecule has 0 aliphatic heterocycles. The summed E-state index contributed by atoms with van der Waals surface area (Å²) in [6.45, 7) is 2.90. The van der Waals surface area contributed by atoms with Gasteiger partial charge in [-0.3, -0.25) is 0 Å². The third-order valence-electron chi connectivity index (χ3n) is 2.84. The summed E-state index contributed by atoms with van der Waals surface area (Å²) in [6, 6.07) is 2.50. The molecule has 86 valence electrons. The molecule has 0 saturated carbocycles. The van der Waals surface area contributed by atoms with Gasteiger partial charge >= 0.3 is 0 Å². The van der Waals surface area contributed by atoms with Gasteiger partial charge in [-0.05, 0) is 25.6 Å². The van der Waals surface area contributed by atoms with E-state index in [4.69, 9.17) is 0 Å². The van der Waals surface area contributed by atoms with Crippen LogP contribution in [0.15, 0.2) is 24.8 Å². The number of aromatic nitrogens is 4. The molecule has 16 heavy (non-hydrogen) atoms. The normalized spacial score (nSPS) is 12.9. The van der Waals surface area contributed by atoms with E-state index in [9.17, 15) is 0 Å². The standard InChI is InChI=1S/C11H17N5/c1-9(12-2)10-4-5-16(6-10)7-11-14-13-8-15(11)3/h4-6,8-9,12H,7H2,1-3H3. The molecule has 1 N–H and O–H groups in total. The van der Waals surface area contributed by atoms with Gasteiger partial charge in [0.25, 0.3) is 0 Å². The van der Waals surface area contributed by atoms with Crippen molar-refractivity contribution in [3.05, 3.63) is 36.2 Å². The van der Waals surface area contributed by atoms with Crippen LogP contribution in [0.5, 0.6) is 0 Å². The molecule has 0 bridgehead atoms. The molecule has 2 aromatic rings. The first-order chi connectivity index (χ1) is 7.70. The number of nitrogens with zero attached hydrogens (tertiary/aromatic N) is 4. The summed E-state index contributed by atoms with van der Waals surface area (Å²) in [5, 5.41) is 11.1. The van der Waals surface area contributed by atoms with Gasteiger partial charge in [-0.15, -0.1) is 10.2 Å². The zero-order valence-electron chi connectivity index (χ0n) is 9.88. The van der Waals surface area contributed by atoms with Gasteiger partial charge < -0.3 is 14.5 Å². The fourth-order valence-electron chi connectivity index (χ4n) is 1.59. The van der Waals surface area contributed by atoms with Crippen molar-refractivity contribution in [3.63, 3.8) is 0 Å². The molecule has 0 radical (unpaired) electrons. The van der Waals surface area contributed by atoms with Gasteiger partial charge in [0.2, 0.25) is 0 Å². The lowest BCUT2D eigenvalue weighted by Crippen LogP contribution is -2.11. The van der Waals surface area contributed by atoms with E-state index in [1.807, 2.05) is 18.7 Å². The first kappa shape index (κ1) is 10.9. The fourth-order valence-corrected chi connectivity index (χ4v) is 1.59. The summed E-state index contributed by atoms with van der Waals surface area (Å²) >= 11 is 0. The van der Waals surface area contributed by atoms with Crippen molar-refractivity contribution in [2.45, 2.75) is 19.5 Å². The summed E-state index contributed by atoms with van der Waals surface area (Å²) in [6.07, 6.45) is 5.92. The van der Waals surface area contributed by atoms with Crippen LogP contribution in [-0.2, 0) is 13.6 Å². The minimum Gasteiger partial charge on any atom is -0.346 e. The molecular weight excluding hydrogens is 202 g/mol. The maximum Gasteiger partial charge on any atom is 0.152 e. The van der Waals surface area contributed by atoms with Gasteiger partial charge in [-0.25, -0.2) is 0 Å². The Bertz CT molecular complexity index is 456. The average Bonchev–Trinajstić information content (AvgIpc) is 2.89. The summed E-state index contributed by atoms with van der Waals surface area (Å²) in [4.78, 5) is 0. The van der Waals surface area contributed by atoms with Crippen LogP contribution >= 0.6 is 0 Å². The summed E-state index contributed by atoms with van der Waals surface area (Å²) < 4.78 is 4.05. The molecule has 0 spiro atoms. The van der Waals surface area contributed by atoms with E-state index in [0.717, 1.165) is 12.4 Å². The fraction of sp³-hybridized carbons (Fsp3) is 0.455. The Labute approximate surface area is 95.1 Å². The van der Waals surface area contributed by atoms with Crippen LogP contribution in [0.4, 0.5) is 0 Å². The Hall–Kier alpha value is -1.62. The molecule has 0 amide bonds. The molecule has 0 aromatic carbocycles. The van der Waals surface area contributed by atoms with Gasteiger partial charge in [-0.1, -0.05) is 0 Å². The topological polar surface area (TPSA) is 47.7 Å². The highest BCUT2D eigenvalue weighted by Crippen LogP contribution is 2.12. The molecule has 1 atom stereocenters. The van der Waals surface area contributed by atoms with Crippen LogP contribution in [0, 0.1) is 0 Å². The Kier molecular flexibility index (Phi) is 3.05. The van der Waals surface area contributed by atoms with E-state index in [0.29, 0.717) is 6.04 Å². The van der Waals surface area contributed by atoms with Gasteiger partial charge in [0, 0.05) is 25.5 Å². The molecule has 5 heteroatoms. The summed E-state index contributed by atoms with van der Waals surface area (Å²) in [5.41, 5.74) is 1.28. The SMILES string of the molecule is CNC(C)c1ccn(Cc2nncn2C)c1. The van der Waals surface area contributed by atoms with Crippen LogP contribution in [0.3, 0.4) is 0 Å². The zero-order chi connectivity index (χ0) is 11.5. The molecule has 0 aliphatic rings. The number of rotatable bonds is 4. The van der Waals surface area contributed by atoms with Crippen LogP contribution in [0.25, 0.3) is 0 Å². The monoisotopic (exact) mass is 219 g/mol. The highest BCUT2D eigenvalue weighted by molar-refractivity contribution is 5.15. The second-order valence-electron chi connectivity index (χ2n) is 3.99. The summed E-state index contributed by atoms with van der Waals surface area (Å²) in [7, 11) is 3.92. The van der Waals surface area contributed by atoms with Crippen molar-refractivity contribution in [1.29, 1.82) is 0 Å². The van der Waals surface area contributed by atoms with Crippen molar-refractivity contribution in [2.75, 3.05) is 7.05 Å². The minimum atomic E-state index is 0.376. The predicted molar refractivity (Wildman–Crippen MR) is 62.0 cm³/mol. The van der Waals surface area contributed by atoms with E-state index >= 15 is 0 Å². The van der Waals surface area contributed by atoms with E-state index < -0.39 is 0 Å². The lowest BCUT2D eigenvalue weighted by Gasteiger charge is -2.07. The predicted octanol–water partition coefficient (Wildman–Crippen LogP) is 0.945. The van der Waals surface area contributed by atoms with E-state index in [2.05, 4.69) is 45.5 Å². The van der Waals surface area contributed by atoms with Crippen molar-refractivity contribution in [2.24, 2.45) is 7.05 Å². The van der Waals surface area contributed by atoms with Crippen molar-refractivity contribution in [3.8, 4) is 0 Å². The van der Waals surface area contributed by atoms with Gasteiger partial charge in [0.05, 0.1) is 6.54 Å². The third-order valence-corrected chi connectivity index (χ3v) is 2.84. The Morgan fingerprint density at radius 1 is 1.50 bits per heavy atom. The number of nitrogens with one attached hydrogen (secondary N) is 1. The number of hydrogen-bond acceptors (Lipinski definition) is 3. The lowest BCUT2D eigenvalue weighted by atomic mass is 10.2. The number of hydrogen-bond donors (Lipinski definition) is 1. The largest absolute Gasteiger partial charge is 0.346 e. The highest BCUT2D eigenvalue weighted by atomic mass is 15.3. The van der Waals surface area contributed by atoms with E-state index in [-0.39, 0.29) is 0 Å². The van der Waals surface area contributed by atoms with Crippen molar-refractivity contribution >= 4 is 0 Å². The van der Waals surface area contributed by atoms with Crippen molar-refractivity contribution in [1.82, 2.24) is 24.6 Å². The van der Waals surface area contributed by atoms with Crippen molar-refractivity contribution < 1.29 is 0 Å². The lowest BCUT2D eigenvalue weighted by molar-refractivity contribution is 0.645. The van der Waals surface area contributed by atoms with Crippen LogP contribution in [0.1, 0.15) is 24.4 Å². The Balaban J connectivity index is 2.11. The molecule has 1 unspecified atom stereocenters. The average molecular weight is 219 g/mol. The van der Waals surface area contributed by atoms with Crippen LogP contribution in [-0.4, -0.2) is 26.4 Å². The smallest absolute Gasteiger partial charge is 0.152 e. The van der Waals surface area contributed by atoms with Crippen LogP contribution < -0.4 is 5.32 Å². The molecular formula is C11H17N5. The first-order valence-corrected chi connectivity index (χ1v) is 5.36. The number of aryl methyl sites for hydroxylation is 1. The molecule has 2 rings (SSSR count). The molecule has 0 saturated heterocycles. The molecule has 5 nitrogen and oxygen atoms in total. The molecule has 0 aliphatic carbocycles. The zero-order valence-corrected chi connectivity index (χ0v) is 9.88. The Morgan fingerprint density at radius 2 is 2.31 bits per heavy atom. The van der Waals surface area contributed by atoms with E-state index in [1.54, 1.807) is 6.33 Å². The molecule has 2 heterocycles. The first-order valence-electron chi connectivity index (χ1n) is 5.36. The quantitative estimate of drug-likeness (QED) is 0.832. The van der Waals surface area contributed by atoms with Gasteiger partial charge in [-0.2, -0.15) is 0 Å². The molecule has 2 aromatic heterocycles. The second kappa shape index (κ2) is 4.49. The molecule has 0 fully saturated rings. The summed E-state index contributed by atoms with van der Waals surface area (Å²) in [5.74, 6) is 0.958. The minimum absolute atomic E-state index is 0.376. The third kappa shape index (κ3) is 2.14. The maximum atomic E-state index is 4.06. The Morgan fingerprint density at radius 3 is 2.94 bits per heavy atom. The van der Waals surface area contributed by atoms with Gasteiger partial charge in [0.1, 0.15) is 6.33 Å². The second-order valence-corrected chi connectivity index (χ2v) is 3.99. The maximum absolute atomic E-state index is 4.06. The highest BCUT2D eigenvalue weighted by Gasteiger charge is 2.06. The van der Waals surface area contributed by atoms with E-state index in [1.165, 1.54) is 5.56 Å².